The maximum Gasteiger partial charge on any atom is 0.267 e. The number of aromatic nitrogens is 2. The Hall–Kier alpha value is -3.41. The van der Waals surface area contributed by atoms with E-state index in [4.69, 9.17) is 4.74 Å². The van der Waals surface area contributed by atoms with Crippen LogP contribution < -0.4 is 15.6 Å². The quantitative estimate of drug-likeness (QED) is 0.687. The van der Waals surface area contributed by atoms with Crippen LogP contribution in [0.4, 0.5) is 0 Å². The number of methoxy groups -OCH3 is 1. The minimum atomic E-state index is -0.308. The van der Waals surface area contributed by atoms with Crippen molar-refractivity contribution in [3.8, 4) is 17.0 Å². The fourth-order valence-corrected chi connectivity index (χ4v) is 3.00. The predicted molar refractivity (Wildman–Crippen MR) is 108 cm³/mol. The molecule has 0 aliphatic rings. The molecular formula is C22H23N3O3. The number of carbonyl (C=O) groups excluding carboxylic acids is 1. The molecule has 0 radical (unpaired) electrons. The third-order valence-electron chi connectivity index (χ3n) is 4.49. The van der Waals surface area contributed by atoms with Crippen molar-refractivity contribution in [2.75, 3.05) is 13.7 Å². The Bertz CT molecular complexity index is 1030. The Kier molecular flexibility index (Phi) is 6.22. The van der Waals surface area contributed by atoms with Gasteiger partial charge in [-0.25, -0.2) is 4.68 Å². The summed E-state index contributed by atoms with van der Waals surface area (Å²) in [5.41, 5.74) is 3.37. The number of para-hydroxylation sites is 1. The Morgan fingerprint density at radius 2 is 1.82 bits per heavy atom. The van der Waals surface area contributed by atoms with E-state index in [0.29, 0.717) is 18.7 Å². The Labute approximate surface area is 163 Å². The van der Waals surface area contributed by atoms with Crippen LogP contribution in [-0.2, 0) is 17.8 Å². The van der Waals surface area contributed by atoms with Crippen LogP contribution in [0.3, 0.4) is 0 Å². The van der Waals surface area contributed by atoms with E-state index < -0.39 is 0 Å². The molecule has 1 N–H and O–H groups in total. The van der Waals surface area contributed by atoms with E-state index in [1.807, 2.05) is 55.5 Å². The number of aryl methyl sites for hydroxylation is 1. The van der Waals surface area contributed by atoms with Gasteiger partial charge >= 0.3 is 0 Å². The Morgan fingerprint density at radius 3 is 2.61 bits per heavy atom. The first-order chi connectivity index (χ1) is 13.6. The summed E-state index contributed by atoms with van der Waals surface area (Å²) in [6, 6.07) is 18.6. The zero-order valence-electron chi connectivity index (χ0n) is 16.0. The van der Waals surface area contributed by atoms with Crippen LogP contribution >= 0.6 is 0 Å². The van der Waals surface area contributed by atoms with E-state index >= 15 is 0 Å². The van der Waals surface area contributed by atoms with E-state index in [2.05, 4.69) is 10.4 Å². The molecule has 3 aromatic rings. The van der Waals surface area contributed by atoms with Gasteiger partial charge in [0.15, 0.2) is 0 Å². The third-order valence-corrected chi connectivity index (χ3v) is 4.49. The van der Waals surface area contributed by atoms with Crippen molar-refractivity contribution in [2.45, 2.75) is 19.9 Å². The third kappa shape index (κ3) is 4.65. The number of carbonyl (C=O) groups is 1. The largest absolute Gasteiger partial charge is 0.496 e. The van der Waals surface area contributed by atoms with Gasteiger partial charge < -0.3 is 10.1 Å². The maximum atomic E-state index is 12.3. The molecular weight excluding hydrogens is 354 g/mol. The van der Waals surface area contributed by atoms with Crippen molar-refractivity contribution >= 4 is 5.91 Å². The maximum absolute atomic E-state index is 12.3. The molecule has 0 saturated carbocycles. The lowest BCUT2D eigenvalue weighted by Gasteiger charge is -2.11. The summed E-state index contributed by atoms with van der Waals surface area (Å²) in [5.74, 6) is 0.534. The fraction of sp³-hybridized carbons (Fsp3) is 0.227. The van der Waals surface area contributed by atoms with Crippen LogP contribution in [0.25, 0.3) is 11.3 Å². The molecule has 28 heavy (non-hydrogen) atoms. The SMILES string of the molecule is COc1ccccc1CCNC(=O)Cn1nc(-c2ccccc2C)ccc1=O. The molecule has 0 atom stereocenters. The van der Waals surface area contributed by atoms with Crippen molar-refractivity contribution in [3.05, 3.63) is 82.1 Å². The molecule has 1 heterocycles. The second-order valence-corrected chi connectivity index (χ2v) is 6.44. The number of ether oxygens (including phenoxy) is 1. The standard InChI is InChI=1S/C22H23N3O3/c1-16-7-3-5-9-18(16)19-11-12-22(27)25(24-19)15-21(26)23-14-13-17-8-4-6-10-20(17)28-2/h3-12H,13-15H2,1-2H3,(H,23,26). The highest BCUT2D eigenvalue weighted by Gasteiger charge is 2.09. The summed E-state index contributed by atoms with van der Waals surface area (Å²) in [7, 11) is 1.62. The molecule has 144 valence electrons. The van der Waals surface area contributed by atoms with Crippen LogP contribution in [0.2, 0.25) is 0 Å². The van der Waals surface area contributed by atoms with Gasteiger partial charge in [-0.2, -0.15) is 5.10 Å². The van der Waals surface area contributed by atoms with Gasteiger partial charge in [0, 0.05) is 18.2 Å². The number of hydrogen-bond acceptors (Lipinski definition) is 4. The van der Waals surface area contributed by atoms with Gasteiger partial charge in [0.2, 0.25) is 5.91 Å². The molecule has 0 aliphatic heterocycles. The zero-order chi connectivity index (χ0) is 19.9. The minimum absolute atomic E-state index is 0.121. The van der Waals surface area contributed by atoms with Gasteiger partial charge in [-0.3, -0.25) is 9.59 Å². The number of benzene rings is 2. The van der Waals surface area contributed by atoms with Crippen LogP contribution in [0.5, 0.6) is 5.75 Å². The summed E-state index contributed by atoms with van der Waals surface area (Å²) in [6.07, 6.45) is 0.640. The molecule has 3 rings (SSSR count). The number of rotatable bonds is 7. The van der Waals surface area contributed by atoms with Crippen molar-refractivity contribution in [1.82, 2.24) is 15.1 Å². The average Bonchev–Trinajstić information content (AvgIpc) is 2.70. The molecule has 6 nitrogen and oxygen atoms in total. The van der Waals surface area contributed by atoms with E-state index in [1.54, 1.807) is 13.2 Å². The topological polar surface area (TPSA) is 73.2 Å². The zero-order valence-corrected chi connectivity index (χ0v) is 16.0. The lowest BCUT2D eigenvalue weighted by Crippen LogP contribution is -2.34. The summed E-state index contributed by atoms with van der Waals surface area (Å²) < 4.78 is 6.51. The monoisotopic (exact) mass is 377 g/mol. The first-order valence-electron chi connectivity index (χ1n) is 9.11. The van der Waals surface area contributed by atoms with Crippen molar-refractivity contribution < 1.29 is 9.53 Å². The first kappa shape index (κ1) is 19.4. The van der Waals surface area contributed by atoms with Gasteiger partial charge in [0.25, 0.3) is 5.56 Å². The van der Waals surface area contributed by atoms with E-state index in [1.165, 1.54) is 10.7 Å². The van der Waals surface area contributed by atoms with Crippen LogP contribution in [0, 0.1) is 6.92 Å². The number of hydrogen-bond donors (Lipinski definition) is 1. The summed E-state index contributed by atoms with van der Waals surface area (Å²) >= 11 is 0. The molecule has 0 aliphatic carbocycles. The molecule has 0 saturated heterocycles. The molecule has 0 fully saturated rings. The van der Waals surface area contributed by atoms with Crippen LogP contribution in [-0.4, -0.2) is 29.3 Å². The average molecular weight is 377 g/mol. The summed E-state index contributed by atoms with van der Waals surface area (Å²) in [5, 5.41) is 7.19. The van der Waals surface area contributed by atoms with E-state index in [-0.39, 0.29) is 18.0 Å². The highest BCUT2D eigenvalue weighted by molar-refractivity contribution is 5.75. The fourth-order valence-electron chi connectivity index (χ4n) is 3.00. The highest BCUT2D eigenvalue weighted by atomic mass is 16.5. The number of amides is 1. The van der Waals surface area contributed by atoms with Crippen LogP contribution in [0.15, 0.2) is 65.5 Å². The molecule has 1 amide bonds. The van der Waals surface area contributed by atoms with Crippen LogP contribution in [0.1, 0.15) is 11.1 Å². The molecule has 1 aromatic heterocycles. The van der Waals surface area contributed by atoms with Gasteiger partial charge in [0.1, 0.15) is 12.3 Å². The molecule has 0 bridgehead atoms. The van der Waals surface area contributed by atoms with E-state index in [0.717, 1.165) is 22.4 Å². The lowest BCUT2D eigenvalue weighted by molar-refractivity contribution is -0.121. The molecule has 2 aromatic carbocycles. The van der Waals surface area contributed by atoms with Gasteiger partial charge in [-0.15, -0.1) is 0 Å². The van der Waals surface area contributed by atoms with Crippen molar-refractivity contribution in [1.29, 1.82) is 0 Å². The van der Waals surface area contributed by atoms with E-state index in [9.17, 15) is 9.59 Å². The predicted octanol–water partition coefficient (Wildman–Crippen LogP) is 2.59. The molecule has 0 unspecified atom stereocenters. The first-order valence-corrected chi connectivity index (χ1v) is 9.11. The summed E-state index contributed by atoms with van der Waals surface area (Å²) in [4.78, 5) is 24.4. The number of nitrogens with zero attached hydrogens (tertiary/aromatic N) is 2. The van der Waals surface area contributed by atoms with Crippen molar-refractivity contribution in [3.63, 3.8) is 0 Å². The van der Waals surface area contributed by atoms with Gasteiger partial charge in [-0.05, 0) is 36.6 Å². The Morgan fingerprint density at radius 1 is 1.07 bits per heavy atom. The lowest BCUT2D eigenvalue weighted by atomic mass is 10.1. The normalized spacial score (nSPS) is 10.5. The molecule has 0 spiro atoms. The van der Waals surface area contributed by atoms with Crippen molar-refractivity contribution in [2.24, 2.45) is 0 Å². The summed E-state index contributed by atoms with van der Waals surface area (Å²) in [6.45, 7) is 2.31. The second-order valence-electron chi connectivity index (χ2n) is 6.44. The smallest absolute Gasteiger partial charge is 0.267 e. The van der Waals surface area contributed by atoms with Gasteiger partial charge in [0.05, 0.1) is 12.8 Å². The highest BCUT2D eigenvalue weighted by Crippen LogP contribution is 2.19. The minimum Gasteiger partial charge on any atom is -0.496 e. The second kappa shape index (κ2) is 8.99. The number of nitrogens with one attached hydrogen (secondary N) is 1. The Balaban J connectivity index is 1.65. The molecule has 6 heteroatoms. The van der Waals surface area contributed by atoms with Gasteiger partial charge in [-0.1, -0.05) is 42.5 Å².